The number of aromatic amines is 1. The van der Waals surface area contributed by atoms with Crippen molar-refractivity contribution in [2.75, 3.05) is 12.8 Å². The Balaban J connectivity index is 3.14. The van der Waals surface area contributed by atoms with E-state index in [1.165, 1.54) is 7.05 Å². The van der Waals surface area contributed by atoms with Crippen LogP contribution < -0.4 is 4.72 Å². The molecule has 0 bridgehead atoms. The molecule has 0 saturated heterocycles. The van der Waals surface area contributed by atoms with Crippen molar-refractivity contribution in [3.05, 3.63) is 23.0 Å². The SMILES string of the molecule is CNS(=O)(=O)CCc1cc(C(C)(C)C)[nH]c1C(C)(C)C. The van der Waals surface area contributed by atoms with E-state index >= 15 is 0 Å². The minimum absolute atomic E-state index is 0.0256. The van der Waals surface area contributed by atoms with Crippen molar-refractivity contribution in [2.45, 2.75) is 58.8 Å². The number of rotatable bonds is 4. The van der Waals surface area contributed by atoms with Crippen molar-refractivity contribution in [3.8, 4) is 0 Å². The number of aryl methyl sites for hydroxylation is 1. The van der Waals surface area contributed by atoms with Crippen LogP contribution in [0.25, 0.3) is 0 Å². The minimum Gasteiger partial charge on any atom is -0.361 e. The van der Waals surface area contributed by atoms with Crippen LogP contribution in [0.2, 0.25) is 0 Å². The van der Waals surface area contributed by atoms with Crippen LogP contribution >= 0.6 is 0 Å². The third kappa shape index (κ3) is 4.35. The standard InChI is InChI=1S/C15H28N2O2S/c1-14(2,3)12-10-11(8-9-20(18,19)16-7)13(17-12)15(4,5)6/h10,16-17H,8-9H2,1-7H3. The second kappa shape index (κ2) is 5.53. The summed E-state index contributed by atoms with van der Waals surface area (Å²) in [5, 5.41) is 0. The molecule has 1 rings (SSSR count). The lowest BCUT2D eigenvalue weighted by Crippen LogP contribution is -2.24. The fraction of sp³-hybridized carbons (Fsp3) is 0.733. The second-order valence-corrected chi connectivity index (χ2v) is 9.40. The Labute approximate surface area is 123 Å². The van der Waals surface area contributed by atoms with Gasteiger partial charge in [0.25, 0.3) is 0 Å². The van der Waals surface area contributed by atoms with Gasteiger partial charge in [0, 0.05) is 22.2 Å². The summed E-state index contributed by atoms with van der Waals surface area (Å²) in [7, 11) is -1.71. The first-order valence-electron chi connectivity index (χ1n) is 7.01. The van der Waals surface area contributed by atoms with Gasteiger partial charge in [0.15, 0.2) is 0 Å². The molecule has 2 N–H and O–H groups in total. The van der Waals surface area contributed by atoms with Crippen LogP contribution in [0.3, 0.4) is 0 Å². The van der Waals surface area contributed by atoms with Crippen LogP contribution in [0.1, 0.15) is 58.5 Å². The maximum atomic E-state index is 11.6. The van der Waals surface area contributed by atoms with Crippen molar-refractivity contribution in [3.63, 3.8) is 0 Å². The van der Waals surface area contributed by atoms with E-state index in [1.54, 1.807) is 0 Å². The monoisotopic (exact) mass is 300 g/mol. The fourth-order valence-electron chi connectivity index (χ4n) is 2.11. The predicted octanol–water partition coefficient (Wildman–Crippen LogP) is 2.70. The third-order valence-corrected chi connectivity index (χ3v) is 4.77. The van der Waals surface area contributed by atoms with Gasteiger partial charge in [0.1, 0.15) is 0 Å². The molecule has 0 spiro atoms. The molecule has 0 unspecified atom stereocenters. The van der Waals surface area contributed by atoms with Crippen molar-refractivity contribution in [1.82, 2.24) is 9.71 Å². The molecule has 1 aromatic rings. The second-order valence-electron chi connectivity index (χ2n) is 7.36. The van der Waals surface area contributed by atoms with Gasteiger partial charge in [-0.3, -0.25) is 0 Å². The molecule has 116 valence electrons. The molecular weight excluding hydrogens is 272 g/mol. The van der Waals surface area contributed by atoms with Gasteiger partial charge in [-0.1, -0.05) is 41.5 Å². The maximum absolute atomic E-state index is 11.6. The van der Waals surface area contributed by atoms with E-state index in [2.05, 4.69) is 57.3 Å². The molecule has 20 heavy (non-hydrogen) atoms. The molecule has 0 aliphatic carbocycles. The number of hydrogen-bond acceptors (Lipinski definition) is 2. The predicted molar refractivity (Wildman–Crippen MR) is 84.7 cm³/mol. The van der Waals surface area contributed by atoms with Crippen LogP contribution in [-0.2, 0) is 27.3 Å². The van der Waals surface area contributed by atoms with E-state index in [0.29, 0.717) is 6.42 Å². The maximum Gasteiger partial charge on any atom is 0.211 e. The molecule has 0 aliphatic rings. The molecule has 0 atom stereocenters. The van der Waals surface area contributed by atoms with Gasteiger partial charge in [-0.25, -0.2) is 13.1 Å². The zero-order valence-corrected chi connectivity index (χ0v) is 14.5. The van der Waals surface area contributed by atoms with E-state index < -0.39 is 10.0 Å². The summed E-state index contributed by atoms with van der Waals surface area (Å²) < 4.78 is 25.6. The molecule has 0 amide bonds. The Bertz CT molecular complexity index is 558. The Morgan fingerprint density at radius 2 is 1.65 bits per heavy atom. The van der Waals surface area contributed by atoms with Crippen molar-refractivity contribution in [2.24, 2.45) is 0 Å². The number of hydrogen-bond donors (Lipinski definition) is 2. The van der Waals surface area contributed by atoms with Gasteiger partial charge in [-0.15, -0.1) is 0 Å². The highest BCUT2D eigenvalue weighted by atomic mass is 32.2. The molecule has 1 aromatic heterocycles. The van der Waals surface area contributed by atoms with Crippen molar-refractivity contribution < 1.29 is 8.42 Å². The zero-order chi connectivity index (χ0) is 15.8. The Kier molecular flexibility index (Phi) is 4.76. The summed E-state index contributed by atoms with van der Waals surface area (Å²) in [5.41, 5.74) is 3.39. The number of sulfonamides is 1. The highest BCUT2D eigenvalue weighted by Gasteiger charge is 2.25. The number of nitrogens with one attached hydrogen (secondary N) is 2. The van der Waals surface area contributed by atoms with Gasteiger partial charge >= 0.3 is 0 Å². The summed E-state index contributed by atoms with van der Waals surface area (Å²) in [6.45, 7) is 12.9. The normalized spacial score (nSPS) is 13.8. The molecule has 0 aromatic carbocycles. The highest BCUT2D eigenvalue weighted by molar-refractivity contribution is 7.89. The third-order valence-electron chi connectivity index (χ3n) is 3.41. The van der Waals surface area contributed by atoms with Crippen LogP contribution in [0.15, 0.2) is 6.07 Å². The average Bonchev–Trinajstić information content (AvgIpc) is 2.70. The van der Waals surface area contributed by atoms with Crippen LogP contribution in [0, 0.1) is 0 Å². The quantitative estimate of drug-likeness (QED) is 0.898. The molecule has 5 heteroatoms. The van der Waals surface area contributed by atoms with Gasteiger partial charge < -0.3 is 4.98 Å². The largest absolute Gasteiger partial charge is 0.361 e. The highest BCUT2D eigenvalue weighted by Crippen LogP contribution is 2.31. The number of H-pyrrole nitrogens is 1. The van der Waals surface area contributed by atoms with Crippen LogP contribution in [-0.4, -0.2) is 26.2 Å². The first-order valence-corrected chi connectivity index (χ1v) is 8.66. The smallest absolute Gasteiger partial charge is 0.211 e. The molecule has 0 saturated carbocycles. The Hall–Kier alpha value is -0.810. The van der Waals surface area contributed by atoms with Gasteiger partial charge in [-0.2, -0.15) is 0 Å². The molecule has 0 fully saturated rings. The van der Waals surface area contributed by atoms with Gasteiger partial charge in [0.05, 0.1) is 5.75 Å². The summed E-state index contributed by atoms with van der Waals surface area (Å²) in [4.78, 5) is 3.50. The van der Waals surface area contributed by atoms with E-state index in [4.69, 9.17) is 0 Å². The molecule has 1 heterocycles. The summed E-state index contributed by atoms with van der Waals surface area (Å²) >= 11 is 0. The molecule has 0 radical (unpaired) electrons. The summed E-state index contributed by atoms with van der Waals surface area (Å²) in [6, 6.07) is 2.12. The van der Waals surface area contributed by atoms with E-state index in [-0.39, 0.29) is 16.6 Å². The van der Waals surface area contributed by atoms with Crippen LogP contribution in [0.5, 0.6) is 0 Å². The van der Waals surface area contributed by atoms with Crippen molar-refractivity contribution in [1.29, 1.82) is 0 Å². The van der Waals surface area contributed by atoms with E-state index in [9.17, 15) is 8.42 Å². The molecular formula is C15H28N2O2S. The topological polar surface area (TPSA) is 62.0 Å². The van der Waals surface area contributed by atoms with Gasteiger partial charge in [-0.05, 0) is 25.1 Å². The van der Waals surface area contributed by atoms with E-state index in [1.807, 2.05) is 0 Å². The summed E-state index contributed by atoms with van der Waals surface area (Å²) in [5.74, 6) is 0.119. The Morgan fingerprint density at radius 1 is 1.10 bits per heavy atom. The first-order chi connectivity index (χ1) is 8.87. The number of aromatic nitrogens is 1. The van der Waals surface area contributed by atoms with E-state index in [0.717, 1.165) is 17.0 Å². The minimum atomic E-state index is -3.17. The Morgan fingerprint density at radius 3 is 2.05 bits per heavy atom. The molecule has 0 aliphatic heterocycles. The average molecular weight is 300 g/mol. The van der Waals surface area contributed by atoms with Gasteiger partial charge in [0.2, 0.25) is 10.0 Å². The zero-order valence-electron chi connectivity index (χ0n) is 13.7. The van der Waals surface area contributed by atoms with Crippen molar-refractivity contribution >= 4 is 10.0 Å². The summed E-state index contributed by atoms with van der Waals surface area (Å²) in [6.07, 6.45) is 0.530. The fourth-order valence-corrected chi connectivity index (χ4v) is 2.81. The first kappa shape index (κ1) is 17.2. The lowest BCUT2D eigenvalue weighted by atomic mass is 9.89. The lowest BCUT2D eigenvalue weighted by molar-refractivity contribution is 0.540. The lowest BCUT2D eigenvalue weighted by Gasteiger charge is -2.21. The van der Waals surface area contributed by atoms with Crippen LogP contribution in [0.4, 0.5) is 0 Å². The molecule has 4 nitrogen and oxygen atoms in total.